The summed E-state index contributed by atoms with van der Waals surface area (Å²) in [5.41, 5.74) is 0.217. The molecule has 0 unspecified atom stereocenters. The molecule has 0 heterocycles. The number of nitrogens with one attached hydrogen (secondary N) is 2. The molecular weight excluding hydrogens is 272 g/mol. The third-order valence-electron chi connectivity index (χ3n) is 7.45. The van der Waals surface area contributed by atoms with Crippen LogP contribution in [-0.4, -0.2) is 24.5 Å². The smallest absolute Gasteiger partial charge is 0.234 e. The van der Waals surface area contributed by atoms with E-state index in [1.54, 1.807) is 0 Å². The van der Waals surface area contributed by atoms with E-state index in [-0.39, 0.29) is 16.9 Å². The molecule has 3 rings (SSSR count). The minimum atomic E-state index is -0.0144. The lowest BCUT2D eigenvalue weighted by Crippen LogP contribution is -2.60. The molecule has 0 saturated heterocycles. The molecule has 126 valence electrons. The van der Waals surface area contributed by atoms with Gasteiger partial charge in [-0.15, -0.1) is 0 Å². The second-order valence-electron chi connectivity index (χ2n) is 8.81. The fourth-order valence-electron chi connectivity index (χ4n) is 5.49. The zero-order valence-electron chi connectivity index (χ0n) is 14.7. The Hall–Kier alpha value is -0.570. The van der Waals surface area contributed by atoms with Crippen molar-refractivity contribution >= 4 is 5.91 Å². The Kier molecular flexibility index (Phi) is 4.55. The van der Waals surface area contributed by atoms with E-state index in [0.717, 1.165) is 18.4 Å². The molecule has 22 heavy (non-hydrogen) atoms. The molecule has 0 spiro atoms. The lowest BCUT2D eigenvalue weighted by atomic mass is 9.64. The Morgan fingerprint density at radius 1 is 1.00 bits per heavy atom. The number of carbonyl (C=O) groups is 1. The standard InChI is InChI=1S/C19H34N2O/c1-18(2)15-9-10-16(11-15)19(18,3)21-17(22)13-20-12-14-7-5-4-6-8-14/h14-16,20H,4-13H2,1-3H3,(H,21,22)/t15-,16-,19+/m0/s1. The zero-order valence-corrected chi connectivity index (χ0v) is 14.7. The van der Waals surface area contributed by atoms with E-state index in [1.165, 1.54) is 51.4 Å². The SMILES string of the molecule is CC1(C)[C@H]2CC[C@@H](C2)[C@@]1(C)NC(=O)CNCC1CCCCC1. The molecule has 0 aromatic carbocycles. The van der Waals surface area contributed by atoms with Crippen LogP contribution in [0.15, 0.2) is 0 Å². The van der Waals surface area contributed by atoms with Crippen LogP contribution in [0.3, 0.4) is 0 Å². The van der Waals surface area contributed by atoms with Crippen molar-refractivity contribution in [3.05, 3.63) is 0 Å². The lowest BCUT2D eigenvalue weighted by molar-refractivity contribution is -0.124. The van der Waals surface area contributed by atoms with Gasteiger partial charge in [0, 0.05) is 5.54 Å². The van der Waals surface area contributed by atoms with Crippen LogP contribution >= 0.6 is 0 Å². The Morgan fingerprint density at radius 2 is 1.68 bits per heavy atom. The Bertz CT molecular complexity index is 414. The maximum atomic E-state index is 12.4. The van der Waals surface area contributed by atoms with Gasteiger partial charge >= 0.3 is 0 Å². The third kappa shape index (κ3) is 2.81. The molecule has 3 atom stereocenters. The van der Waals surface area contributed by atoms with E-state index in [1.807, 2.05) is 0 Å². The van der Waals surface area contributed by atoms with Crippen molar-refractivity contribution in [2.75, 3.05) is 13.1 Å². The number of rotatable bonds is 5. The summed E-state index contributed by atoms with van der Waals surface area (Å²) in [6, 6.07) is 0. The molecule has 3 aliphatic rings. The molecule has 2 bridgehead atoms. The fourth-order valence-corrected chi connectivity index (χ4v) is 5.49. The van der Waals surface area contributed by atoms with Crippen LogP contribution in [0.2, 0.25) is 0 Å². The molecule has 0 aliphatic heterocycles. The number of fused-ring (bicyclic) bond motifs is 2. The zero-order chi connectivity index (χ0) is 15.8. The Morgan fingerprint density at radius 3 is 2.32 bits per heavy atom. The summed E-state index contributed by atoms with van der Waals surface area (Å²) in [7, 11) is 0. The van der Waals surface area contributed by atoms with Crippen molar-refractivity contribution in [1.82, 2.24) is 10.6 Å². The first-order valence-corrected chi connectivity index (χ1v) is 9.45. The van der Waals surface area contributed by atoms with Crippen LogP contribution in [0.25, 0.3) is 0 Å². The van der Waals surface area contributed by atoms with Gasteiger partial charge in [-0.3, -0.25) is 4.79 Å². The summed E-state index contributed by atoms with van der Waals surface area (Å²) in [6.07, 6.45) is 10.8. The van der Waals surface area contributed by atoms with Crippen molar-refractivity contribution < 1.29 is 4.79 Å². The highest BCUT2D eigenvalue weighted by Gasteiger charge is 2.60. The van der Waals surface area contributed by atoms with E-state index < -0.39 is 0 Å². The van der Waals surface area contributed by atoms with Gasteiger partial charge in [-0.25, -0.2) is 0 Å². The van der Waals surface area contributed by atoms with Gasteiger partial charge in [0.05, 0.1) is 6.54 Å². The van der Waals surface area contributed by atoms with Crippen LogP contribution in [-0.2, 0) is 4.79 Å². The number of amides is 1. The van der Waals surface area contributed by atoms with Gasteiger partial charge < -0.3 is 10.6 Å². The van der Waals surface area contributed by atoms with Crippen LogP contribution in [0, 0.1) is 23.2 Å². The topological polar surface area (TPSA) is 41.1 Å². The first-order chi connectivity index (χ1) is 10.4. The molecule has 3 fully saturated rings. The van der Waals surface area contributed by atoms with E-state index in [9.17, 15) is 4.79 Å². The summed E-state index contributed by atoms with van der Waals surface area (Å²) >= 11 is 0. The normalized spacial score (nSPS) is 37.4. The van der Waals surface area contributed by atoms with Crippen molar-refractivity contribution in [2.45, 2.75) is 77.7 Å². The van der Waals surface area contributed by atoms with Gasteiger partial charge in [0.1, 0.15) is 0 Å². The van der Waals surface area contributed by atoms with E-state index in [2.05, 4.69) is 31.4 Å². The van der Waals surface area contributed by atoms with Gasteiger partial charge in [-0.05, 0) is 68.7 Å². The van der Waals surface area contributed by atoms with Crippen LogP contribution < -0.4 is 10.6 Å². The maximum Gasteiger partial charge on any atom is 0.234 e. The van der Waals surface area contributed by atoms with Crippen molar-refractivity contribution in [1.29, 1.82) is 0 Å². The minimum Gasteiger partial charge on any atom is -0.349 e. The quantitative estimate of drug-likeness (QED) is 0.816. The number of hydrogen-bond donors (Lipinski definition) is 2. The summed E-state index contributed by atoms with van der Waals surface area (Å²) in [5.74, 6) is 2.45. The van der Waals surface area contributed by atoms with E-state index in [4.69, 9.17) is 0 Å². The molecule has 3 saturated carbocycles. The Balaban J connectivity index is 1.47. The monoisotopic (exact) mass is 306 g/mol. The average molecular weight is 306 g/mol. The maximum absolute atomic E-state index is 12.4. The predicted molar refractivity (Wildman–Crippen MR) is 90.6 cm³/mol. The fraction of sp³-hybridized carbons (Fsp3) is 0.947. The third-order valence-corrected chi connectivity index (χ3v) is 7.45. The molecule has 3 aliphatic carbocycles. The second-order valence-corrected chi connectivity index (χ2v) is 8.81. The van der Waals surface area contributed by atoms with E-state index >= 15 is 0 Å². The summed E-state index contributed by atoms with van der Waals surface area (Å²) in [6.45, 7) is 8.49. The first kappa shape index (κ1) is 16.3. The number of hydrogen-bond acceptors (Lipinski definition) is 2. The molecule has 2 N–H and O–H groups in total. The highest BCUT2D eigenvalue weighted by atomic mass is 16.2. The molecule has 1 amide bonds. The molecule has 0 aromatic rings. The summed E-state index contributed by atoms with van der Waals surface area (Å²) in [4.78, 5) is 12.4. The van der Waals surface area contributed by atoms with Crippen LogP contribution in [0.1, 0.15) is 72.1 Å². The van der Waals surface area contributed by atoms with Crippen molar-refractivity contribution in [2.24, 2.45) is 23.2 Å². The van der Waals surface area contributed by atoms with Gasteiger partial charge in [-0.1, -0.05) is 33.1 Å². The van der Waals surface area contributed by atoms with Gasteiger partial charge in [0.15, 0.2) is 0 Å². The lowest BCUT2D eigenvalue weighted by Gasteiger charge is -2.48. The van der Waals surface area contributed by atoms with Crippen LogP contribution in [0.5, 0.6) is 0 Å². The summed E-state index contributed by atoms with van der Waals surface area (Å²) in [5, 5.41) is 6.82. The highest BCUT2D eigenvalue weighted by molar-refractivity contribution is 5.79. The predicted octanol–water partition coefficient (Wildman–Crippen LogP) is 3.49. The van der Waals surface area contributed by atoms with Crippen molar-refractivity contribution in [3.8, 4) is 0 Å². The Labute approximate surface area is 136 Å². The van der Waals surface area contributed by atoms with Crippen LogP contribution in [0.4, 0.5) is 0 Å². The average Bonchev–Trinajstić information content (AvgIpc) is 3.03. The summed E-state index contributed by atoms with van der Waals surface area (Å²) < 4.78 is 0. The van der Waals surface area contributed by atoms with Gasteiger partial charge in [0.2, 0.25) is 5.91 Å². The molecule has 3 heteroatoms. The molecule has 3 nitrogen and oxygen atoms in total. The minimum absolute atomic E-state index is 0.0144. The number of carbonyl (C=O) groups excluding carboxylic acids is 1. The highest BCUT2D eigenvalue weighted by Crippen LogP contribution is 2.61. The second kappa shape index (κ2) is 6.14. The van der Waals surface area contributed by atoms with Gasteiger partial charge in [0.25, 0.3) is 0 Å². The first-order valence-electron chi connectivity index (χ1n) is 9.45. The van der Waals surface area contributed by atoms with E-state index in [0.29, 0.717) is 12.5 Å². The van der Waals surface area contributed by atoms with Gasteiger partial charge in [-0.2, -0.15) is 0 Å². The molecular formula is C19H34N2O. The largest absolute Gasteiger partial charge is 0.349 e. The van der Waals surface area contributed by atoms with Crippen molar-refractivity contribution in [3.63, 3.8) is 0 Å². The molecule has 0 radical (unpaired) electrons. The molecule has 0 aromatic heterocycles.